The second-order valence-corrected chi connectivity index (χ2v) is 5.48. The smallest absolute Gasteiger partial charge is 0.141 e. The van der Waals surface area contributed by atoms with Gasteiger partial charge in [0.25, 0.3) is 0 Å². The minimum atomic E-state index is 0.0688. The molecule has 2 aromatic carbocycles. The molecule has 0 aliphatic rings. The topological polar surface area (TPSA) is 64.1 Å². The van der Waals surface area contributed by atoms with Crippen LogP contribution in [0.5, 0.6) is 0 Å². The fourth-order valence-corrected chi connectivity index (χ4v) is 2.56. The molecule has 3 N–H and O–H groups in total. The molecule has 0 bridgehead atoms. The Labute approximate surface area is 125 Å². The van der Waals surface area contributed by atoms with E-state index in [-0.39, 0.29) is 6.61 Å². The number of hydrogen-bond donors (Lipinski definition) is 2. The van der Waals surface area contributed by atoms with Crippen molar-refractivity contribution in [2.45, 2.75) is 6.54 Å². The Bertz CT molecular complexity index is 750. The Morgan fingerprint density at radius 1 is 1.15 bits per heavy atom. The van der Waals surface area contributed by atoms with Gasteiger partial charge >= 0.3 is 0 Å². The number of halogens is 1. The molecule has 1 aromatic heterocycles. The third-order valence-electron chi connectivity index (χ3n) is 3.20. The monoisotopic (exact) mass is 331 g/mol. The quantitative estimate of drug-likeness (QED) is 0.725. The normalized spacial score (nSPS) is 11.1. The molecule has 0 atom stereocenters. The van der Waals surface area contributed by atoms with Crippen LogP contribution < -0.4 is 5.73 Å². The fraction of sp³-hybridized carbons (Fsp3) is 0.133. The molecule has 5 heteroatoms. The number of nitrogens with zero attached hydrogens (tertiary/aromatic N) is 2. The Morgan fingerprint density at radius 3 is 2.60 bits per heavy atom. The first-order valence-electron chi connectivity index (χ1n) is 6.31. The lowest BCUT2D eigenvalue weighted by Gasteiger charge is -2.07. The van der Waals surface area contributed by atoms with Gasteiger partial charge in [-0.2, -0.15) is 0 Å². The van der Waals surface area contributed by atoms with Crippen molar-refractivity contribution in [3.05, 3.63) is 46.9 Å². The van der Waals surface area contributed by atoms with Crippen molar-refractivity contribution >= 4 is 32.7 Å². The second-order valence-electron chi connectivity index (χ2n) is 4.57. The van der Waals surface area contributed by atoms with Gasteiger partial charge in [-0.3, -0.25) is 0 Å². The maximum Gasteiger partial charge on any atom is 0.141 e. The molecule has 0 aliphatic carbocycles. The van der Waals surface area contributed by atoms with Gasteiger partial charge in [0.15, 0.2) is 0 Å². The Morgan fingerprint density at radius 2 is 1.90 bits per heavy atom. The zero-order valence-corrected chi connectivity index (χ0v) is 12.3. The summed E-state index contributed by atoms with van der Waals surface area (Å²) in [5.74, 6) is 0.840. The van der Waals surface area contributed by atoms with E-state index in [0.29, 0.717) is 12.2 Å². The van der Waals surface area contributed by atoms with Gasteiger partial charge in [-0.05, 0) is 30.3 Å². The number of benzene rings is 2. The van der Waals surface area contributed by atoms with Crippen LogP contribution in [0, 0.1) is 0 Å². The van der Waals surface area contributed by atoms with Crippen molar-refractivity contribution in [1.82, 2.24) is 9.55 Å². The summed E-state index contributed by atoms with van der Waals surface area (Å²) in [6.07, 6.45) is 0. The predicted octanol–water partition coefficient (Wildman–Crippen LogP) is 3.04. The molecule has 0 aliphatic heterocycles. The summed E-state index contributed by atoms with van der Waals surface area (Å²) in [6.45, 7) is 0.575. The molecule has 0 fully saturated rings. The molecule has 3 aromatic rings. The highest BCUT2D eigenvalue weighted by Crippen LogP contribution is 2.27. The molecular formula is C15H14BrN3O. The van der Waals surface area contributed by atoms with Crippen molar-refractivity contribution < 1.29 is 5.11 Å². The molecule has 0 saturated carbocycles. The molecule has 1 heterocycles. The lowest BCUT2D eigenvalue weighted by molar-refractivity contribution is 0.278. The van der Waals surface area contributed by atoms with E-state index in [0.717, 1.165) is 26.9 Å². The first kappa shape index (κ1) is 13.1. The molecule has 4 nitrogen and oxygen atoms in total. The van der Waals surface area contributed by atoms with E-state index < -0.39 is 0 Å². The number of aromatic nitrogens is 2. The zero-order valence-electron chi connectivity index (χ0n) is 10.8. The maximum atomic E-state index is 9.29. The number of aliphatic hydroxyl groups excluding tert-OH is 1. The molecule has 0 radical (unpaired) electrons. The van der Waals surface area contributed by atoms with Gasteiger partial charge in [-0.1, -0.05) is 28.1 Å². The Hall–Kier alpha value is -1.85. The van der Waals surface area contributed by atoms with Gasteiger partial charge in [0, 0.05) is 22.3 Å². The summed E-state index contributed by atoms with van der Waals surface area (Å²) in [6, 6.07) is 13.6. The minimum Gasteiger partial charge on any atom is -0.399 e. The summed E-state index contributed by atoms with van der Waals surface area (Å²) >= 11 is 3.43. The summed E-state index contributed by atoms with van der Waals surface area (Å²) in [7, 11) is 0. The van der Waals surface area contributed by atoms with Gasteiger partial charge in [0.1, 0.15) is 5.82 Å². The van der Waals surface area contributed by atoms with Crippen LogP contribution in [0.1, 0.15) is 0 Å². The molecule has 3 rings (SSSR count). The Kier molecular flexibility index (Phi) is 3.46. The minimum absolute atomic E-state index is 0.0688. The van der Waals surface area contributed by atoms with E-state index in [9.17, 15) is 5.11 Å². The molecule has 0 spiro atoms. The highest BCUT2D eigenvalue weighted by Gasteiger charge is 2.12. The van der Waals surface area contributed by atoms with Crippen LogP contribution in [0.3, 0.4) is 0 Å². The van der Waals surface area contributed by atoms with E-state index in [1.54, 1.807) is 0 Å². The third-order valence-corrected chi connectivity index (χ3v) is 3.73. The van der Waals surface area contributed by atoms with Crippen LogP contribution in [-0.4, -0.2) is 21.3 Å². The van der Waals surface area contributed by atoms with Crippen molar-refractivity contribution in [3.8, 4) is 11.4 Å². The van der Waals surface area contributed by atoms with E-state index >= 15 is 0 Å². The molecule has 0 saturated heterocycles. The SMILES string of the molecule is Nc1ccc2c(c1)nc(-c1ccc(Br)cc1)n2CCO. The van der Waals surface area contributed by atoms with Gasteiger partial charge in [0.05, 0.1) is 17.6 Å². The van der Waals surface area contributed by atoms with Crippen LogP contribution in [0.4, 0.5) is 5.69 Å². The number of nitrogens with two attached hydrogens (primary N) is 1. The largest absolute Gasteiger partial charge is 0.399 e. The summed E-state index contributed by atoms with van der Waals surface area (Å²) in [5.41, 5.74) is 9.33. The van der Waals surface area contributed by atoms with Crippen molar-refractivity contribution in [1.29, 1.82) is 0 Å². The third kappa shape index (κ3) is 2.30. The first-order chi connectivity index (χ1) is 9.69. The van der Waals surface area contributed by atoms with Crippen molar-refractivity contribution in [2.75, 3.05) is 12.3 Å². The van der Waals surface area contributed by atoms with Crippen LogP contribution in [0.2, 0.25) is 0 Å². The zero-order chi connectivity index (χ0) is 14.1. The number of imidazole rings is 1. The number of aliphatic hydroxyl groups is 1. The summed E-state index contributed by atoms with van der Waals surface area (Å²) in [4.78, 5) is 4.65. The average Bonchev–Trinajstić information content (AvgIpc) is 2.78. The van der Waals surface area contributed by atoms with E-state index in [2.05, 4.69) is 20.9 Å². The average molecular weight is 332 g/mol. The summed E-state index contributed by atoms with van der Waals surface area (Å²) in [5, 5.41) is 9.29. The van der Waals surface area contributed by atoms with Gasteiger partial charge in [-0.25, -0.2) is 4.98 Å². The number of fused-ring (bicyclic) bond motifs is 1. The van der Waals surface area contributed by atoms with Crippen LogP contribution in [-0.2, 0) is 6.54 Å². The van der Waals surface area contributed by atoms with E-state index in [1.165, 1.54) is 0 Å². The van der Waals surface area contributed by atoms with Crippen LogP contribution in [0.25, 0.3) is 22.4 Å². The standard InChI is InChI=1S/C15H14BrN3O/c16-11-3-1-10(2-4-11)15-18-13-9-12(17)5-6-14(13)19(15)7-8-20/h1-6,9,20H,7-8,17H2. The molecule has 0 amide bonds. The maximum absolute atomic E-state index is 9.29. The van der Waals surface area contributed by atoms with Gasteiger partial charge < -0.3 is 15.4 Å². The number of anilines is 1. The lowest BCUT2D eigenvalue weighted by Crippen LogP contribution is -2.04. The Balaban J connectivity index is 2.22. The number of nitrogen functional groups attached to an aromatic ring is 1. The predicted molar refractivity (Wildman–Crippen MR) is 84.4 cm³/mol. The highest BCUT2D eigenvalue weighted by molar-refractivity contribution is 9.10. The first-order valence-corrected chi connectivity index (χ1v) is 7.11. The van der Waals surface area contributed by atoms with E-state index in [1.807, 2.05) is 47.0 Å². The highest BCUT2D eigenvalue weighted by atomic mass is 79.9. The number of hydrogen-bond acceptors (Lipinski definition) is 3. The second kappa shape index (κ2) is 5.26. The lowest BCUT2D eigenvalue weighted by atomic mass is 10.2. The number of rotatable bonds is 3. The molecule has 102 valence electrons. The van der Waals surface area contributed by atoms with Gasteiger partial charge in [-0.15, -0.1) is 0 Å². The molecule has 20 heavy (non-hydrogen) atoms. The van der Waals surface area contributed by atoms with Crippen LogP contribution >= 0.6 is 15.9 Å². The van der Waals surface area contributed by atoms with Gasteiger partial charge in [0.2, 0.25) is 0 Å². The fourth-order valence-electron chi connectivity index (χ4n) is 2.29. The van der Waals surface area contributed by atoms with E-state index in [4.69, 9.17) is 5.73 Å². The molecular weight excluding hydrogens is 318 g/mol. The van der Waals surface area contributed by atoms with Crippen molar-refractivity contribution in [3.63, 3.8) is 0 Å². The van der Waals surface area contributed by atoms with Crippen molar-refractivity contribution in [2.24, 2.45) is 0 Å². The molecule has 0 unspecified atom stereocenters. The summed E-state index contributed by atoms with van der Waals surface area (Å²) < 4.78 is 3.04. The van der Waals surface area contributed by atoms with Crippen LogP contribution in [0.15, 0.2) is 46.9 Å².